The largest absolute Gasteiger partial charge is 0.467 e. The summed E-state index contributed by atoms with van der Waals surface area (Å²) in [6.07, 6.45) is 6.77. The Kier molecular flexibility index (Phi) is 5.56. The van der Waals surface area contributed by atoms with E-state index in [1.54, 1.807) is 17.2 Å². The van der Waals surface area contributed by atoms with E-state index in [-0.39, 0.29) is 16.7 Å². The summed E-state index contributed by atoms with van der Waals surface area (Å²) in [7, 11) is 0. The van der Waals surface area contributed by atoms with E-state index >= 15 is 0 Å². The van der Waals surface area contributed by atoms with Crippen molar-refractivity contribution in [3.05, 3.63) is 77.3 Å². The topological polar surface area (TPSA) is 71.3 Å². The van der Waals surface area contributed by atoms with E-state index in [1.807, 2.05) is 54.6 Å². The number of furan rings is 2. The second-order valence-corrected chi connectivity index (χ2v) is 11.6. The maximum Gasteiger partial charge on any atom is 0.267 e. The Morgan fingerprint density at radius 3 is 2.61 bits per heavy atom. The lowest BCUT2D eigenvalue weighted by molar-refractivity contribution is -0.122. The van der Waals surface area contributed by atoms with Crippen LogP contribution in [-0.2, 0) is 11.3 Å². The van der Waals surface area contributed by atoms with Gasteiger partial charge in [0.25, 0.3) is 5.91 Å². The van der Waals surface area contributed by atoms with Crippen LogP contribution in [-0.4, -0.2) is 21.7 Å². The third kappa shape index (κ3) is 3.77. The van der Waals surface area contributed by atoms with Crippen molar-refractivity contribution in [2.24, 2.45) is 27.0 Å². The third-order valence-corrected chi connectivity index (χ3v) is 9.51. The zero-order valence-electron chi connectivity index (χ0n) is 20.7. The Balaban J connectivity index is 1.31. The summed E-state index contributed by atoms with van der Waals surface area (Å²) < 4.78 is 11.5. The number of carbonyl (C=O) groups is 1. The molecule has 184 valence electrons. The van der Waals surface area contributed by atoms with Gasteiger partial charge >= 0.3 is 0 Å². The lowest BCUT2D eigenvalue weighted by atomic mass is 9.70. The van der Waals surface area contributed by atoms with Gasteiger partial charge in [-0.15, -0.1) is 5.10 Å². The highest BCUT2D eigenvalue weighted by Crippen LogP contribution is 2.64. The van der Waals surface area contributed by atoms with Crippen molar-refractivity contribution in [1.29, 1.82) is 0 Å². The summed E-state index contributed by atoms with van der Waals surface area (Å²) in [6, 6.07) is 17.4. The van der Waals surface area contributed by atoms with Gasteiger partial charge in [0, 0.05) is 22.8 Å². The molecular weight excluding hydrogens is 470 g/mol. The van der Waals surface area contributed by atoms with Gasteiger partial charge in [0.15, 0.2) is 5.17 Å². The predicted octanol–water partition coefficient (Wildman–Crippen LogP) is 7.21. The van der Waals surface area contributed by atoms with Crippen molar-refractivity contribution in [3.63, 3.8) is 0 Å². The van der Waals surface area contributed by atoms with Gasteiger partial charge in [0.05, 0.1) is 17.7 Å². The summed E-state index contributed by atoms with van der Waals surface area (Å²) in [5.74, 6) is 2.59. The SMILES string of the molecule is CC12CCC(C/C1=N\N=C1\S/C(=C\c3ccc(-c4ccccc4)o3)C(=O)N1Cc1ccco1)C2(C)C. The second kappa shape index (κ2) is 8.66. The van der Waals surface area contributed by atoms with Crippen LogP contribution in [0.3, 0.4) is 0 Å². The molecule has 6 rings (SSSR count). The Hall–Kier alpha value is -3.32. The number of thioether (sulfide) groups is 1. The predicted molar refractivity (Wildman–Crippen MR) is 143 cm³/mol. The smallest absolute Gasteiger partial charge is 0.267 e. The molecule has 3 heterocycles. The molecule has 1 saturated heterocycles. The van der Waals surface area contributed by atoms with Gasteiger partial charge in [-0.2, -0.15) is 5.10 Å². The normalized spacial score (nSPS) is 28.3. The van der Waals surface area contributed by atoms with Crippen LogP contribution in [0.4, 0.5) is 0 Å². The van der Waals surface area contributed by atoms with Crippen molar-refractivity contribution in [1.82, 2.24) is 4.90 Å². The van der Waals surface area contributed by atoms with Gasteiger partial charge in [-0.05, 0) is 66.6 Å². The van der Waals surface area contributed by atoms with Crippen LogP contribution in [0.2, 0.25) is 0 Å². The molecule has 3 fully saturated rings. The van der Waals surface area contributed by atoms with Crippen LogP contribution in [0.25, 0.3) is 17.4 Å². The molecular formula is C29H29N3O3S. The van der Waals surface area contributed by atoms with Gasteiger partial charge in [-0.3, -0.25) is 9.69 Å². The summed E-state index contributed by atoms with van der Waals surface area (Å²) >= 11 is 1.33. The number of benzene rings is 1. The molecule has 36 heavy (non-hydrogen) atoms. The number of amidine groups is 1. The Morgan fingerprint density at radius 2 is 1.92 bits per heavy atom. The molecule has 0 spiro atoms. The molecule has 6 nitrogen and oxygen atoms in total. The van der Waals surface area contributed by atoms with Crippen LogP contribution in [0, 0.1) is 16.7 Å². The second-order valence-electron chi connectivity index (χ2n) is 10.6. The highest BCUT2D eigenvalue weighted by molar-refractivity contribution is 8.18. The highest BCUT2D eigenvalue weighted by Gasteiger charge is 2.60. The minimum atomic E-state index is -0.132. The van der Waals surface area contributed by atoms with Gasteiger partial charge in [-0.25, -0.2) is 0 Å². The number of amides is 1. The zero-order valence-corrected chi connectivity index (χ0v) is 21.5. The third-order valence-electron chi connectivity index (χ3n) is 8.51. The Bertz CT molecular complexity index is 1380. The molecule has 1 aliphatic heterocycles. The molecule has 0 N–H and O–H groups in total. The number of hydrogen-bond acceptors (Lipinski definition) is 6. The molecule has 2 aliphatic carbocycles. The molecule has 2 unspecified atom stereocenters. The van der Waals surface area contributed by atoms with Crippen molar-refractivity contribution >= 4 is 34.6 Å². The van der Waals surface area contributed by atoms with Gasteiger partial charge in [0.2, 0.25) is 0 Å². The molecule has 2 atom stereocenters. The van der Waals surface area contributed by atoms with Crippen molar-refractivity contribution in [3.8, 4) is 11.3 Å². The average molecular weight is 500 g/mol. The molecule has 2 saturated carbocycles. The zero-order chi connectivity index (χ0) is 24.9. The van der Waals surface area contributed by atoms with E-state index < -0.39 is 0 Å². The Labute approximate surface area is 215 Å². The van der Waals surface area contributed by atoms with Crippen LogP contribution in [0.5, 0.6) is 0 Å². The summed E-state index contributed by atoms with van der Waals surface area (Å²) in [5.41, 5.74) is 2.42. The minimum absolute atomic E-state index is 0.0571. The first-order valence-corrected chi connectivity index (χ1v) is 13.2. The first-order valence-electron chi connectivity index (χ1n) is 12.4. The summed E-state index contributed by atoms with van der Waals surface area (Å²) in [6.45, 7) is 7.33. The molecule has 3 aromatic rings. The maximum absolute atomic E-state index is 13.4. The molecule has 1 amide bonds. The van der Waals surface area contributed by atoms with Gasteiger partial charge in [-0.1, -0.05) is 51.1 Å². The first-order chi connectivity index (χ1) is 17.3. The number of carbonyl (C=O) groups excluding carboxylic acids is 1. The maximum atomic E-state index is 13.4. The van der Waals surface area contributed by atoms with E-state index in [2.05, 4.69) is 25.9 Å². The lowest BCUT2D eigenvalue weighted by Crippen LogP contribution is -2.32. The fraction of sp³-hybridized carbons (Fsp3) is 0.345. The Morgan fingerprint density at radius 1 is 1.08 bits per heavy atom. The molecule has 3 aliphatic rings. The number of fused-ring (bicyclic) bond motifs is 2. The lowest BCUT2D eigenvalue weighted by Gasteiger charge is -2.34. The molecule has 7 heteroatoms. The average Bonchev–Trinajstić information content (AvgIpc) is 3.68. The number of hydrogen-bond donors (Lipinski definition) is 0. The van der Waals surface area contributed by atoms with Gasteiger partial charge < -0.3 is 8.83 Å². The van der Waals surface area contributed by atoms with E-state index in [9.17, 15) is 4.79 Å². The van der Waals surface area contributed by atoms with Crippen molar-refractivity contribution in [2.75, 3.05) is 0 Å². The highest BCUT2D eigenvalue weighted by atomic mass is 32.2. The minimum Gasteiger partial charge on any atom is -0.467 e. The standard InChI is InChI=1S/C29H29N3O3S/c1-28(2)20-13-14-29(28,3)25(16-20)30-31-27-32(18-22-10-7-15-34-22)26(33)24(36-27)17-21-11-12-23(35-21)19-8-5-4-6-9-19/h4-12,15,17,20H,13-14,16,18H2,1-3H3/b24-17-,30-25+,31-27+. The molecule has 0 radical (unpaired) electrons. The fourth-order valence-electron chi connectivity index (χ4n) is 5.78. The van der Waals surface area contributed by atoms with E-state index in [1.165, 1.54) is 18.2 Å². The summed E-state index contributed by atoms with van der Waals surface area (Å²) in [5, 5.41) is 9.98. The molecule has 1 aromatic carbocycles. The number of nitrogens with zero attached hydrogens (tertiary/aromatic N) is 3. The van der Waals surface area contributed by atoms with Crippen LogP contribution in [0.1, 0.15) is 51.6 Å². The van der Waals surface area contributed by atoms with E-state index in [0.717, 1.165) is 29.9 Å². The molecule has 2 bridgehead atoms. The quantitative estimate of drug-likeness (QED) is 0.275. The first kappa shape index (κ1) is 23.1. The van der Waals surface area contributed by atoms with Crippen LogP contribution in [0.15, 0.2) is 84.8 Å². The van der Waals surface area contributed by atoms with Crippen molar-refractivity contribution in [2.45, 2.75) is 46.6 Å². The van der Waals surface area contributed by atoms with E-state index in [0.29, 0.717) is 34.1 Å². The fourth-order valence-corrected chi connectivity index (χ4v) is 6.69. The monoisotopic (exact) mass is 499 g/mol. The summed E-state index contributed by atoms with van der Waals surface area (Å²) in [4.78, 5) is 15.6. The van der Waals surface area contributed by atoms with Crippen LogP contribution < -0.4 is 0 Å². The van der Waals surface area contributed by atoms with E-state index in [4.69, 9.17) is 13.9 Å². The van der Waals surface area contributed by atoms with Crippen LogP contribution >= 0.6 is 11.8 Å². The number of rotatable bonds is 5. The molecule has 2 aromatic heterocycles. The van der Waals surface area contributed by atoms with Gasteiger partial charge in [0.1, 0.15) is 17.3 Å². The van der Waals surface area contributed by atoms with Crippen molar-refractivity contribution < 1.29 is 13.6 Å².